The van der Waals surface area contributed by atoms with Gasteiger partial charge in [0.15, 0.2) is 0 Å². The predicted octanol–water partition coefficient (Wildman–Crippen LogP) is 2.83. The van der Waals surface area contributed by atoms with Crippen molar-refractivity contribution in [3.63, 3.8) is 0 Å². The van der Waals surface area contributed by atoms with E-state index in [1.807, 2.05) is 0 Å². The Bertz CT molecular complexity index is 1760. The van der Waals surface area contributed by atoms with Crippen LogP contribution >= 0.6 is 0 Å². The van der Waals surface area contributed by atoms with Crippen LogP contribution < -0.4 is 10.6 Å². The number of phenols is 1. The summed E-state index contributed by atoms with van der Waals surface area (Å²) in [6, 6.07) is 14.8. The maximum atomic E-state index is 14.7. The van der Waals surface area contributed by atoms with Gasteiger partial charge in [0.1, 0.15) is 16.5 Å². The molecule has 4 amide bonds. The fraction of sp³-hybridized carbons (Fsp3) is 0.312. The van der Waals surface area contributed by atoms with E-state index in [1.165, 1.54) is 41.3 Å². The third kappa shape index (κ3) is 6.98. The first kappa shape index (κ1) is 31.6. The first-order chi connectivity index (χ1) is 21.6. The number of aromatic hydroxyl groups is 1. The van der Waals surface area contributed by atoms with Crippen LogP contribution in [-0.4, -0.2) is 79.1 Å². The van der Waals surface area contributed by atoms with Crippen molar-refractivity contribution < 1.29 is 37.1 Å². The zero-order valence-corrected chi connectivity index (χ0v) is 25.2. The standard InChI is InChI=1S/C32H33FN4O7S/c33-26-10-9-22-20-25(26)31(41)35-14-4-17-36(16-3-7-29(39)34-15-12-21-8-11-27(38)24(22)19-21)30(40)13-18-37-32(42)23-5-1-2-6-28(23)45(37,43)44/h1-2,5-6,8-11,19-20,38H,3-4,7,12-18H2,(H,34,39)(H,35,41). The number of phenolic OH excluding ortho intramolecular Hbond substituents is 1. The molecule has 0 aliphatic carbocycles. The zero-order chi connectivity index (χ0) is 32.1. The van der Waals surface area contributed by atoms with E-state index in [-0.39, 0.29) is 66.7 Å². The maximum Gasteiger partial charge on any atom is 0.269 e. The molecule has 3 aromatic carbocycles. The molecule has 3 aromatic rings. The molecule has 0 atom stereocenters. The van der Waals surface area contributed by atoms with Crippen LogP contribution in [0, 0.1) is 5.82 Å². The van der Waals surface area contributed by atoms with Gasteiger partial charge in [0.2, 0.25) is 11.8 Å². The third-order valence-corrected chi connectivity index (χ3v) is 9.68. The van der Waals surface area contributed by atoms with Crippen molar-refractivity contribution in [3.05, 3.63) is 83.2 Å². The van der Waals surface area contributed by atoms with Gasteiger partial charge in [-0.15, -0.1) is 0 Å². The SMILES string of the molecule is O=C1CCCN(C(=O)CCN2C(=O)c3ccccc3S2(=O)=O)CCCNC(=O)c2cc(ccc2F)-c2cc(ccc2O)CCN1. The number of hydrogen-bond acceptors (Lipinski definition) is 7. The molecule has 2 aliphatic rings. The number of nitrogens with zero attached hydrogens (tertiary/aromatic N) is 2. The van der Waals surface area contributed by atoms with Gasteiger partial charge in [0.05, 0.1) is 11.1 Å². The molecule has 11 nitrogen and oxygen atoms in total. The van der Waals surface area contributed by atoms with Crippen LogP contribution in [0.1, 0.15) is 52.0 Å². The summed E-state index contributed by atoms with van der Waals surface area (Å²) in [5.41, 5.74) is 1.54. The lowest BCUT2D eigenvalue weighted by Crippen LogP contribution is -2.39. The summed E-state index contributed by atoms with van der Waals surface area (Å²) >= 11 is 0. The molecule has 0 fully saturated rings. The van der Waals surface area contributed by atoms with Crippen molar-refractivity contribution in [2.45, 2.75) is 37.0 Å². The van der Waals surface area contributed by atoms with Crippen LogP contribution in [0.2, 0.25) is 0 Å². The van der Waals surface area contributed by atoms with Gasteiger partial charge in [-0.1, -0.05) is 24.3 Å². The number of amides is 4. The highest BCUT2D eigenvalue weighted by atomic mass is 32.2. The molecular formula is C32H33FN4O7S. The van der Waals surface area contributed by atoms with Crippen LogP contribution in [-0.2, 0) is 26.0 Å². The zero-order valence-electron chi connectivity index (χ0n) is 24.4. The first-order valence-corrected chi connectivity index (χ1v) is 16.1. The largest absolute Gasteiger partial charge is 0.507 e. The van der Waals surface area contributed by atoms with E-state index >= 15 is 0 Å². The summed E-state index contributed by atoms with van der Waals surface area (Å²) in [4.78, 5) is 52.8. The molecule has 0 saturated carbocycles. The first-order valence-electron chi connectivity index (χ1n) is 14.7. The summed E-state index contributed by atoms with van der Waals surface area (Å²) in [6.45, 7) is 0.447. The summed E-state index contributed by atoms with van der Waals surface area (Å²) in [6.07, 6.45) is 0.957. The van der Waals surface area contributed by atoms with E-state index in [0.29, 0.717) is 41.2 Å². The Morgan fingerprint density at radius 2 is 1.64 bits per heavy atom. The van der Waals surface area contributed by atoms with Gasteiger partial charge in [-0.25, -0.2) is 17.1 Å². The smallest absolute Gasteiger partial charge is 0.269 e. The summed E-state index contributed by atoms with van der Waals surface area (Å²) in [5.74, 6) is -2.73. The highest BCUT2D eigenvalue weighted by Gasteiger charge is 2.40. The molecular weight excluding hydrogens is 603 g/mol. The van der Waals surface area contributed by atoms with E-state index in [2.05, 4.69) is 10.6 Å². The number of carbonyl (C=O) groups excluding carboxylic acids is 4. The van der Waals surface area contributed by atoms with E-state index < -0.39 is 33.6 Å². The number of halogens is 1. The Balaban J connectivity index is 1.29. The lowest BCUT2D eigenvalue weighted by molar-refractivity contribution is -0.132. The Morgan fingerprint density at radius 3 is 2.44 bits per heavy atom. The highest BCUT2D eigenvalue weighted by Crippen LogP contribution is 2.32. The minimum atomic E-state index is -4.07. The highest BCUT2D eigenvalue weighted by molar-refractivity contribution is 7.90. The van der Waals surface area contributed by atoms with Gasteiger partial charge in [-0.3, -0.25) is 19.2 Å². The second-order valence-corrected chi connectivity index (χ2v) is 12.7. The Kier molecular flexibility index (Phi) is 9.47. The number of carbonyl (C=O) groups is 4. The van der Waals surface area contributed by atoms with E-state index in [4.69, 9.17) is 0 Å². The number of sulfonamides is 1. The monoisotopic (exact) mass is 636 g/mol. The van der Waals surface area contributed by atoms with Gasteiger partial charge in [0.25, 0.3) is 21.8 Å². The van der Waals surface area contributed by atoms with Crippen LogP contribution in [0.3, 0.4) is 0 Å². The van der Waals surface area contributed by atoms with Crippen molar-refractivity contribution in [2.24, 2.45) is 0 Å². The minimum absolute atomic E-state index is 0.0346. The van der Waals surface area contributed by atoms with Crippen molar-refractivity contribution in [1.29, 1.82) is 0 Å². The van der Waals surface area contributed by atoms with Crippen LogP contribution in [0.5, 0.6) is 5.75 Å². The average molecular weight is 637 g/mol. The van der Waals surface area contributed by atoms with Crippen molar-refractivity contribution in [1.82, 2.24) is 19.8 Å². The second kappa shape index (κ2) is 13.5. The van der Waals surface area contributed by atoms with E-state index in [1.54, 1.807) is 18.2 Å². The second-order valence-electron chi connectivity index (χ2n) is 10.9. The Morgan fingerprint density at radius 1 is 0.867 bits per heavy atom. The molecule has 2 heterocycles. The third-order valence-electron chi connectivity index (χ3n) is 7.83. The molecule has 0 radical (unpaired) electrons. The fourth-order valence-electron chi connectivity index (χ4n) is 5.44. The van der Waals surface area contributed by atoms with Crippen LogP contribution in [0.25, 0.3) is 11.1 Å². The molecule has 5 rings (SSSR count). The molecule has 0 aromatic heterocycles. The van der Waals surface area contributed by atoms with Crippen LogP contribution in [0.15, 0.2) is 65.6 Å². The van der Waals surface area contributed by atoms with Gasteiger partial charge in [-0.2, -0.15) is 0 Å². The molecule has 0 spiro atoms. The molecule has 45 heavy (non-hydrogen) atoms. The van der Waals surface area contributed by atoms with Gasteiger partial charge in [0, 0.05) is 51.1 Å². The van der Waals surface area contributed by atoms with Crippen molar-refractivity contribution in [3.8, 4) is 16.9 Å². The maximum absolute atomic E-state index is 14.7. The summed E-state index contributed by atoms with van der Waals surface area (Å²) < 4.78 is 41.2. The van der Waals surface area contributed by atoms with Gasteiger partial charge < -0.3 is 20.6 Å². The van der Waals surface area contributed by atoms with E-state index in [9.17, 15) is 37.1 Å². The summed E-state index contributed by atoms with van der Waals surface area (Å²) in [5, 5.41) is 16.0. The molecule has 13 heteroatoms. The van der Waals surface area contributed by atoms with E-state index in [0.717, 1.165) is 11.6 Å². The number of rotatable bonds is 3. The van der Waals surface area contributed by atoms with Gasteiger partial charge >= 0.3 is 0 Å². The average Bonchev–Trinajstić information content (AvgIpc) is 3.21. The number of nitrogens with one attached hydrogen (secondary N) is 2. The molecule has 236 valence electrons. The van der Waals surface area contributed by atoms with Gasteiger partial charge in [-0.05, 0) is 66.8 Å². The lowest BCUT2D eigenvalue weighted by Gasteiger charge is -2.24. The molecule has 0 saturated heterocycles. The normalized spacial score (nSPS) is 17.4. The Hall–Kier alpha value is -4.78. The number of fused-ring (bicyclic) bond motifs is 6. The number of benzene rings is 3. The number of hydrogen-bond donors (Lipinski definition) is 3. The molecule has 2 aliphatic heterocycles. The quantitative estimate of drug-likeness (QED) is 0.400. The lowest BCUT2D eigenvalue weighted by atomic mass is 9.98. The Labute approximate surface area is 260 Å². The summed E-state index contributed by atoms with van der Waals surface area (Å²) in [7, 11) is -4.07. The minimum Gasteiger partial charge on any atom is -0.507 e. The van der Waals surface area contributed by atoms with Crippen molar-refractivity contribution >= 4 is 33.7 Å². The molecule has 0 unspecified atom stereocenters. The molecule has 3 N–H and O–H groups in total. The predicted molar refractivity (Wildman–Crippen MR) is 162 cm³/mol. The topological polar surface area (TPSA) is 153 Å². The van der Waals surface area contributed by atoms with Crippen LogP contribution in [0.4, 0.5) is 4.39 Å². The molecule has 4 bridgehead atoms. The fourth-order valence-corrected chi connectivity index (χ4v) is 7.01. The van der Waals surface area contributed by atoms with Crippen molar-refractivity contribution in [2.75, 3.05) is 32.7 Å².